The number of nitrogens with two attached hydrogens (primary N) is 1. The summed E-state index contributed by atoms with van der Waals surface area (Å²) in [6.07, 6.45) is 8.49. The monoisotopic (exact) mass is 254 g/mol. The number of carboxylic acids is 1. The first-order chi connectivity index (χ1) is 8.57. The summed E-state index contributed by atoms with van der Waals surface area (Å²) in [5.74, 6) is -0.825. The van der Waals surface area contributed by atoms with Gasteiger partial charge in [0.25, 0.3) is 0 Å². The fourth-order valence-electron chi connectivity index (χ4n) is 3.67. The van der Waals surface area contributed by atoms with Gasteiger partial charge < -0.3 is 10.8 Å². The standard InChI is InChI=1S/C14H26N2O2/c1-2-5-11-6-3-4-9-16(11)12-7-8-14(15,10-12)13(17)18/h11-12H,2-10,15H2,1H3,(H,17,18). The molecule has 2 rings (SSSR count). The van der Waals surface area contributed by atoms with Gasteiger partial charge in [0, 0.05) is 12.1 Å². The van der Waals surface area contributed by atoms with Crippen molar-refractivity contribution in [3.05, 3.63) is 0 Å². The van der Waals surface area contributed by atoms with Crippen LogP contribution in [0.1, 0.15) is 58.3 Å². The van der Waals surface area contributed by atoms with E-state index < -0.39 is 11.5 Å². The zero-order valence-electron chi connectivity index (χ0n) is 11.4. The van der Waals surface area contributed by atoms with E-state index >= 15 is 0 Å². The Morgan fingerprint density at radius 2 is 2.22 bits per heavy atom. The molecule has 1 aliphatic carbocycles. The molecular formula is C14H26N2O2. The van der Waals surface area contributed by atoms with Crippen LogP contribution in [0.3, 0.4) is 0 Å². The van der Waals surface area contributed by atoms with Crippen molar-refractivity contribution >= 4 is 5.97 Å². The smallest absolute Gasteiger partial charge is 0.323 e. The lowest BCUT2D eigenvalue weighted by molar-refractivity contribution is -0.143. The minimum atomic E-state index is -0.973. The first-order valence-electron chi connectivity index (χ1n) is 7.35. The first kappa shape index (κ1) is 13.8. The number of rotatable bonds is 4. The largest absolute Gasteiger partial charge is 0.480 e. The Kier molecular flexibility index (Phi) is 4.28. The second kappa shape index (κ2) is 5.57. The normalized spacial score (nSPS) is 37.9. The predicted octanol–water partition coefficient (Wildman–Crippen LogP) is 1.98. The number of carboxylic acid groups (broad SMARTS) is 1. The molecule has 0 aromatic rings. The number of hydrogen-bond donors (Lipinski definition) is 2. The highest BCUT2D eigenvalue weighted by Crippen LogP contribution is 2.35. The molecule has 104 valence electrons. The van der Waals surface area contributed by atoms with Gasteiger partial charge in [0.2, 0.25) is 0 Å². The summed E-state index contributed by atoms with van der Waals surface area (Å²) in [5.41, 5.74) is 5.02. The van der Waals surface area contributed by atoms with E-state index in [0.29, 0.717) is 24.9 Å². The van der Waals surface area contributed by atoms with E-state index in [2.05, 4.69) is 11.8 Å². The van der Waals surface area contributed by atoms with Gasteiger partial charge in [0.05, 0.1) is 0 Å². The molecule has 0 aromatic carbocycles. The van der Waals surface area contributed by atoms with Crippen LogP contribution < -0.4 is 5.73 Å². The number of piperidine rings is 1. The van der Waals surface area contributed by atoms with Crippen LogP contribution in [0.4, 0.5) is 0 Å². The third-order valence-electron chi connectivity index (χ3n) is 4.71. The molecule has 4 nitrogen and oxygen atoms in total. The molecule has 3 atom stereocenters. The summed E-state index contributed by atoms with van der Waals surface area (Å²) in [6, 6.07) is 1.05. The van der Waals surface area contributed by atoms with Crippen molar-refractivity contribution in [3.8, 4) is 0 Å². The Morgan fingerprint density at radius 1 is 1.44 bits per heavy atom. The van der Waals surface area contributed by atoms with Crippen LogP contribution in [-0.2, 0) is 4.79 Å². The lowest BCUT2D eigenvalue weighted by Crippen LogP contribution is -2.50. The molecule has 2 fully saturated rings. The molecule has 1 aliphatic heterocycles. The quantitative estimate of drug-likeness (QED) is 0.805. The predicted molar refractivity (Wildman–Crippen MR) is 71.4 cm³/mol. The highest BCUT2D eigenvalue weighted by Gasteiger charge is 2.45. The average molecular weight is 254 g/mol. The number of aliphatic carboxylic acids is 1. The zero-order valence-corrected chi connectivity index (χ0v) is 11.4. The van der Waals surface area contributed by atoms with Crippen LogP contribution in [0.5, 0.6) is 0 Å². The molecule has 2 aliphatic rings. The second-order valence-corrected chi connectivity index (χ2v) is 6.03. The molecule has 1 heterocycles. The van der Waals surface area contributed by atoms with E-state index in [0.717, 1.165) is 13.0 Å². The van der Waals surface area contributed by atoms with Crippen molar-refractivity contribution in [1.82, 2.24) is 4.90 Å². The molecule has 0 amide bonds. The SMILES string of the molecule is CCCC1CCCCN1C1CCC(N)(C(=O)O)C1. The molecule has 18 heavy (non-hydrogen) atoms. The Hall–Kier alpha value is -0.610. The van der Waals surface area contributed by atoms with Gasteiger partial charge >= 0.3 is 5.97 Å². The van der Waals surface area contributed by atoms with Crippen LogP contribution in [-0.4, -0.2) is 40.1 Å². The van der Waals surface area contributed by atoms with Crippen LogP contribution in [0.15, 0.2) is 0 Å². The molecular weight excluding hydrogens is 228 g/mol. The summed E-state index contributed by atoms with van der Waals surface area (Å²) < 4.78 is 0. The van der Waals surface area contributed by atoms with E-state index in [1.807, 2.05) is 0 Å². The lowest BCUT2D eigenvalue weighted by Gasteiger charge is -2.40. The summed E-state index contributed by atoms with van der Waals surface area (Å²) in [5, 5.41) is 9.21. The summed E-state index contributed by atoms with van der Waals surface area (Å²) in [6.45, 7) is 3.36. The van der Waals surface area contributed by atoms with Gasteiger partial charge in [-0.15, -0.1) is 0 Å². The van der Waals surface area contributed by atoms with Gasteiger partial charge in [-0.1, -0.05) is 19.8 Å². The van der Waals surface area contributed by atoms with Gasteiger partial charge in [-0.25, -0.2) is 0 Å². The second-order valence-electron chi connectivity index (χ2n) is 6.03. The minimum Gasteiger partial charge on any atom is -0.480 e. The molecule has 0 bridgehead atoms. The molecule has 3 N–H and O–H groups in total. The minimum absolute atomic E-state index is 0.392. The van der Waals surface area contributed by atoms with Gasteiger partial charge in [0.1, 0.15) is 5.54 Å². The van der Waals surface area contributed by atoms with Gasteiger partial charge in [-0.2, -0.15) is 0 Å². The van der Waals surface area contributed by atoms with Crippen molar-refractivity contribution in [2.75, 3.05) is 6.54 Å². The van der Waals surface area contributed by atoms with Crippen molar-refractivity contribution in [2.24, 2.45) is 5.73 Å². The maximum Gasteiger partial charge on any atom is 0.323 e. The van der Waals surface area contributed by atoms with Crippen molar-refractivity contribution in [2.45, 2.75) is 75.9 Å². The molecule has 0 radical (unpaired) electrons. The van der Waals surface area contributed by atoms with Gasteiger partial charge in [-0.3, -0.25) is 9.69 Å². The van der Waals surface area contributed by atoms with Gasteiger partial charge in [-0.05, 0) is 45.1 Å². The molecule has 0 aromatic heterocycles. The highest BCUT2D eigenvalue weighted by atomic mass is 16.4. The molecule has 1 saturated carbocycles. The fourth-order valence-corrected chi connectivity index (χ4v) is 3.67. The first-order valence-corrected chi connectivity index (χ1v) is 7.35. The van der Waals surface area contributed by atoms with Crippen molar-refractivity contribution in [1.29, 1.82) is 0 Å². The van der Waals surface area contributed by atoms with E-state index in [1.54, 1.807) is 0 Å². The van der Waals surface area contributed by atoms with Crippen molar-refractivity contribution < 1.29 is 9.90 Å². The van der Waals surface area contributed by atoms with Crippen LogP contribution >= 0.6 is 0 Å². The maximum atomic E-state index is 11.2. The van der Waals surface area contributed by atoms with Gasteiger partial charge in [0.15, 0.2) is 0 Å². The number of nitrogens with zero attached hydrogens (tertiary/aromatic N) is 1. The number of carbonyl (C=O) groups is 1. The zero-order chi connectivity index (χ0) is 13.2. The fraction of sp³-hybridized carbons (Fsp3) is 0.929. The van der Waals surface area contributed by atoms with E-state index in [-0.39, 0.29) is 0 Å². The molecule has 0 spiro atoms. The number of hydrogen-bond acceptors (Lipinski definition) is 3. The Labute approximate surface area is 110 Å². The molecule has 4 heteroatoms. The molecule has 3 unspecified atom stereocenters. The number of likely N-dealkylation sites (tertiary alicyclic amines) is 1. The molecule has 1 saturated heterocycles. The van der Waals surface area contributed by atoms with Crippen molar-refractivity contribution in [3.63, 3.8) is 0 Å². The third-order valence-corrected chi connectivity index (χ3v) is 4.71. The van der Waals surface area contributed by atoms with E-state index in [4.69, 9.17) is 5.73 Å². The summed E-state index contributed by atoms with van der Waals surface area (Å²) in [4.78, 5) is 13.8. The average Bonchev–Trinajstić information content (AvgIpc) is 2.74. The third kappa shape index (κ3) is 2.69. The Morgan fingerprint density at radius 3 is 2.83 bits per heavy atom. The van der Waals surface area contributed by atoms with E-state index in [1.165, 1.54) is 32.1 Å². The summed E-state index contributed by atoms with van der Waals surface area (Å²) in [7, 11) is 0. The maximum absolute atomic E-state index is 11.2. The van der Waals surface area contributed by atoms with Crippen LogP contribution in [0.2, 0.25) is 0 Å². The van der Waals surface area contributed by atoms with Crippen LogP contribution in [0.25, 0.3) is 0 Å². The summed E-state index contributed by atoms with van der Waals surface area (Å²) >= 11 is 0. The highest BCUT2D eigenvalue weighted by molar-refractivity contribution is 5.79. The topological polar surface area (TPSA) is 66.6 Å². The van der Waals surface area contributed by atoms with Crippen LogP contribution in [0, 0.1) is 0 Å². The van der Waals surface area contributed by atoms with E-state index in [9.17, 15) is 9.90 Å². The lowest BCUT2D eigenvalue weighted by atomic mass is 9.94. The Bertz CT molecular complexity index is 306. The Balaban J connectivity index is 2.00.